The van der Waals surface area contributed by atoms with Crippen molar-refractivity contribution in [3.63, 3.8) is 0 Å². The summed E-state index contributed by atoms with van der Waals surface area (Å²) in [5.41, 5.74) is 1.28. The molecule has 27 heavy (non-hydrogen) atoms. The Kier molecular flexibility index (Phi) is 6.27. The van der Waals surface area contributed by atoms with E-state index in [9.17, 15) is 26.4 Å². The highest BCUT2D eigenvalue weighted by atomic mass is 32.2. The van der Waals surface area contributed by atoms with Gasteiger partial charge in [0.05, 0.1) is 10.5 Å². The lowest BCUT2D eigenvalue weighted by Crippen LogP contribution is -2.30. The van der Waals surface area contributed by atoms with Gasteiger partial charge in [-0.05, 0) is 54.8 Å². The van der Waals surface area contributed by atoms with E-state index in [1.807, 2.05) is 6.92 Å². The second-order valence-electron chi connectivity index (χ2n) is 5.93. The van der Waals surface area contributed by atoms with E-state index in [0.717, 1.165) is 23.3 Å². The molecule has 0 aliphatic rings. The van der Waals surface area contributed by atoms with Gasteiger partial charge in [0.25, 0.3) is 0 Å². The normalized spacial score (nSPS) is 12.0. The molecule has 0 aliphatic carbocycles. The number of aryl methyl sites for hydroxylation is 2. The smallest absolute Gasteiger partial charge is 0.416 e. The standard InChI is InChI=1S/C18H18F3NO4S/c1-12-3-8-16(9-13(12)2)27(24,25)22-10-17(23)26-11-14-4-6-15(7-5-14)18(19,20)21/h3-9,22H,10-11H2,1-2H3. The molecule has 0 bridgehead atoms. The summed E-state index contributed by atoms with van der Waals surface area (Å²) in [6.07, 6.45) is -4.44. The lowest BCUT2D eigenvalue weighted by atomic mass is 10.1. The lowest BCUT2D eigenvalue weighted by Gasteiger charge is -2.10. The summed E-state index contributed by atoms with van der Waals surface area (Å²) in [6.45, 7) is 2.77. The van der Waals surface area contributed by atoms with Crippen LogP contribution in [0.1, 0.15) is 22.3 Å². The van der Waals surface area contributed by atoms with Crippen molar-refractivity contribution in [2.45, 2.75) is 31.5 Å². The van der Waals surface area contributed by atoms with Gasteiger partial charge < -0.3 is 4.74 Å². The van der Waals surface area contributed by atoms with Crippen LogP contribution in [0.4, 0.5) is 13.2 Å². The van der Waals surface area contributed by atoms with E-state index in [1.165, 1.54) is 24.3 Å². The number of alkyl halides is 3. The number of hydrogen-bond acceptors (Lipinski definition) is 4. The van der Waals surface area contributed by atoms with Crippen molar-refractivity contribution in [2.24, 2.45) is 0 Å². The van der Waals surface area contributed by atoms with Gasteiger partial charge in [0.1, 0.15) is 13.2 Å². The number of halogens is 3. The summed E-state index contributed by atoms with van der Waals surface area (Å²) in [5.74, 6) is -0.845. The highest BCUT2D eigenvalue weighted by Gasteiger charge is 2.29. The zero-order chi connectivity index (χ0) is 20.2. The van der Waals surface area contributed by atoms with Gasteiger partial charge in [-0.15, -0.1) is 0 Å². The molecular weight excluding hydrogens is 383 g/mol. The number of esters is 1. The highest BCUT2D eigenvalue weighted by molar-refractivity contribution is 7.89. The van der Waals surface area contributed by atoms with Crippen molar-refractivity contribution in [2.75, 3.05) is 6.54 Å². The molecule has 5 nitrogen and oxygen atoms in total. The predicted octanol–water partition coefficient (Wildman–Crippen LogP) is 3.34. The first kappa shape index (κ1) is 20.9. The number of benzene rings is 2. The van der Waals surface area contributed by atoms with E-state index in [0.29, 0.717) is 5.56 Å². The Morgan fingerprint density at radius 2 is 1.67 bits per heavy atom. The SMILES string of the molecule is Cc1ccc(S(=O)(=O)NCC(=O)OCc2ccc(C(F)(F)F)cc2)cc1C. The number of ether oxygens (including phenoxy) is 1. The third-order valence-corrected chi connectivity index (χ3v) is 5.28. The van der Waals surface area contributed by atoms with E-state index < -0.39 is 34.3 Å². The van der Waals surface area contributed by atoms with Crippen molar-refractivity contribution in [1.82, 2.24) is 4.72 Å². The number of rotatable bonds is 6. The third-order valence-electron chi connectivity index (χ3n) is 3.88. The molecule has 0 atom stereocenters. The van der Waals surface area contributed by atoms with Crippen molar-refractivity contribution in [1.29, 1.82) is 0 Å². The zero-order valence-corrected chi connectivity index (χ0v) is 15.4. The Bertz CT molecular complexity index is 923. The molecule has 9 heteroatoms. The number of carbonyl (C=O) groups excluding carboxylic acids is 1. The van der Waals surface area contributed by atoms with Crippen LogP contribution in [0, 0.1) is 13.8 Å². The molecular formula is C18H18F3NO4S. The van der Waals surface area contributed by atoms with Crippen molar-refractivity contribution in [3.8, 4) is 0 Å². The van der Waals surface area contributed by atoms with Crippen LogP contribution < -0.4 is 4.72 Å². The van der Waals surface area contributed by atoms with E-state index in [-0.39, 0.29) is 11.5 Å². The average molecular weight is 401 g/mol. The van der Waals surface area contributed by atoms with E-state index in [2.05, 4.69) is 4.72 Å². The molecule has 2 rings (SSSR count). The predicted molar refractivity (Wildman–Crippen MR) is 92.3 cm³/mol. The zero-order valence-electron chi connectivity index (χ0n) is 14.6. The summed E-state index contributed by atoms with van der Waals surface area (Å²) in [7, 11) is -3.88. The molecule has 0 fully saturated rings. The molecule has 0 radical (unpaired) electrons. The average Bonchev–Trinajstić information content (AvgIpc) is 2.60. The molecule has 146 valence electrons. The largest absolute Gasteiger partial charge is 0.460 e. The number of carbonyl (C=O) groups is 1. The van der Waals surface area contributed by atoms with Crippen LogP contribution >= 0.6 is 0 Å². The quantitative estimate of drug-likeness (QED) is 0.754. The molecule has 2 aromatic rings. The molecule has 0 spiro atoms. The molecule has 0 heterocycles. The summed E-state index contributed by atoms with van der Waals surface area (Å²) in [5, 5.41) is 0. The topological polar surface area (TPSA) is 72.5 Å². The molecule has 0 aliphatic heterocycles. The first-order valence-electron chi connectivity index (χ1n) is 7.88. The van der Waals surface area contributed by atoms with E-state index in [1.54, 1.807) is 13.0 Å². The fraction of sp³-hybridized carbons (Fsp3) is 0.278. The summed E-state index contributed by atoms with van der Waals surface area (Å²) in [6, 6.07) is 8.72. The number of sulfonamides is 1. The first-order valence-corrected chi connectivity index (χ1v) is 9.36. The Hall–Kier alpha value is -2.39. The van der Waals surface area contributed by atoms with Gasteiger partial charge in [0.15, 0.2) is 0 Å². The van der Waals surface area contributed by atoms with Gasteiger partial charge in [-0.1, -0.05) is 18.2 Å². The molecule has 0 unspecified atom stereocenters. The number of nitrogens with one attached hydrogen (secondary N) is 1. The molecule has 0 saturated heterocycles. The van der Waals surface area contributed by atoms with Gasteiger partial charge in [0.2, 0.25) is 10.0 Å². The van der Waals surface area contributed by atoms with Crippen LogP contribution in [0.2, 0.25) is 0 Å². The second kappa shape index (κ2) is 8.10. The molecule has 0 saturated carbocycles. The van der Waals surface area contributed by atoms with Crippen LogP contribution in [0.25, 0.3) is 0 Å². The maximum Gasteiger partial charge on any atom is 0.416 e. The van der Waals surface area contributed by atoms with Gasteiger partial charge in [-0.3, -0.25) is 4.79 Å². The lowest BCUT2D eigenvalue weighted by molar-refractivity contribution is -0.143. The minimum absolute atomic E-state index is 0.0288. The van der Waals surface area contributed by atoms with Gasteiger partial charge >= 0.3 is 12.1 Å². The maximum atomic E-state index is 12.5. The Morgan fingerprint density at radius 3 is 2.22 bits per heavy atom. The fourth-order valence-electron chi connectivity index (χ4n) is 2.12. The van der Waals surface area contributed by atoms with Crippen LogP contribution in [0.3, 0.4) is 0 Å². The summed E-state index contributed by atoms with van der Waals surface area (Å²) < 4.78 is 68.8. The van der Waals surface area contributed by atoms with Crippen molar-refractivity contribution in [3.05, 3.63) is 64.7 Å². The fourth-order valence-corrected chi connectivity index (χ4v) is 3.18. The monoisotopic (exact) mass is 401 g/mol. The molecule has 1 N–H and O–H groups in total. The maximum absolute atomic E-state index is 12.5. The van der Waals surface area contributed by atoms with Crippen molar-refractivity contribution >= 4 is 16.0 Å². The highest BCUT2D eigenvalue weighted by Crippen LogP contribution is 2.29. The minimum atomic E-state index is -4.44. The summed E-state index contributed by atoms with van der Waals surface area (Å²) in [4.78, 5) is 11.7. The minimum Gasteiger partial charge on any atom is -0.460 e. The molecule has 0 aromatic heterocycles. The number of hydrogen-bond donors (Lipinski definition) is 1. The second-order valence-corrected chi connectivity index (χ2v) is 7.69. The first-order chi connectivity index (χ1) is 12.5. The molecule has 2 aromatic carbocycles. The Morgan fingerprint density at radius 1 is 1.04 bits per heavy atom. The molecule has 0 amide bonds. The third kappa shape index (κ3) is 5.80. The van der Waals surface area contributed by atoms with E-state index in [4.69, 9.17) is 4.74 Å². The van der Waals surface area contributed by atoms with Crippen LogP contribution in [-0.2, 0) is 32.3 Å². The van der Waals surface area contributed by atoms with Gasteiger partial charge in [-0.25, -0.2) is 8.42 Å². The van der Waals surface area contributed by atoms with Gasteiger partial charge in [0, 0.05) is 0 Å². The summed E-state index contributed by atoms with van der Waals surface area (Å²) >= 11 is 0. The Balaban J connectivity index is 1.89. The Labute approximate surface area is 155 Å². The van der Waals surface area contributed by atoms with Crippen LogP contribution in [0.15, 0.2) is 47.4 Å². The van der Waals surface area contributed by atoms with Crippen molar-refractivity contribution < 1.29 is 31.1 Å². The van der Waals surface area contributed by atoms with Crippen LogP contribution in [0.5, 0.6) is 0 Å². The van der Waals surface area contributed by atoms with Crippen LogP contribution in [-0.4, -0.2) is 20.9 Å². The van der Waals surface area contributed by atoms with E-state index >= 15 is 0 Å². The van der Waals surface area contributed by atoms with Gasteiger partial charge in [-0.2, -0.15) is 17.9 Å².